The summed E-state index contributed by atoms with van der Waals surface area (Å²) < 4.78 is 26.6. The third kappa shape index (κ3) is 3.40. The Kier molecular flexibility index (Phi) is 5.99. The van der Waals surface area contributed by atoms with Crippen molar-refractivity contribution in [1.29, 1.82) is 0 Å². The number of halogens is 3. The Balaban J connectivity index is 0.00000162. The summed E-state index contributed by atoms with van der Waals surface area (Å²) in [6, 6.07) is 4.64. The Morgan fingerprint density at radius 3 is 2.78 bits per heavy atom. The predicted octanol–water partition coefficient (Wildman–Crippen LogP) is 2.70. The molecule has 18 heavy (non-hydrogen) atoms. The van der Waals surface area contributed by atoms with Gasteiger partial charge in [0.1, 0.15) is 0 Å². The van der Waals surface area contributed by atoms with Gasteiger partial charge in [-0.25, -0.2) is 8.78 Å². The van der Waals surface area contributed by atoms with Crippen molar-refractivity contribution in [2.24, 2.45) is 5.73 Å². The Bertz CT molecular complexity index is 387. The lowest BCUT2D eigenvalue weighted by molar-refractivity contribution is 0.143. The Hall–Kier alpha value is -0.710. The monoisotopic (exact) mass is 276 g/mol. The molecular formula is C13H19ClF2N2. The van der Waals surface area contributed by atoms with Crippen LogP contribution in [-0.2, 0) is 6.54 Å². The van der Waals surface area contributed by atoms with E-state index in [1.165, 1.54) is 6.42 Å². The first-order valence-electron chi connectivity index (χ1n) is 6.09. The van der Waals surface area contributed by atoms with Crippen molar-refractivity contribution < 1.29 is 8.78 Å². The van der Waals surface area contributed by atoms with Crippen molar-refractivity contribution in [3.05, 3.63) is 35.4 Å². The normalized spacial score (nSPS) is 20.5. The maximum atomic E-state index is 13.6. The van der Waals surface area contributed by atoms with Gasteiger partial charge in [0.05, 0.1) is 0 Å². The maximum Gasteiger partial charge on any atom is 0.163 e. The third-order valence-electron chi connectivity index (χ3n) is 3.43. The van der Waals surface area contributed by atoms with Gasteiger partial charge >= 0.3 is 0 Å². The molecule has 102 valence electrons. The molecule has 2 rings (SSSR count). The summed E-state index contributed by atoms with van der Waals surface area (Å²) in [5, 5.41) is 0. The molecule has 1 aliphatic rings. The van der Waals surface area contributed by atoms with Crippen LogP contribution in [0.3, 0.4) is 0 Å². The number of piperidine rings is 1. The lowest BCUT2D eigenvalue weighted by atomic mass is 10.0. The van der Waals surface area contributed by atoms with E-state index in [1.54, 1.807) is 12.1 Å². The number of hydrogen-bond acceptors (Lipinski definition) is 2. The van der Waals surface area contributed by atoms with Gasteiger partial charge in [0.25, 0.3) is 0 Å². The zero-order chi connectivity index (χ0) is 12.3. The largest absolute Gasteiger partial charge is 0.329 e. The van der Waals surface area contributed by atoms with E-state index < -0.39 is 11.6 Å². The molecule has 0 aliphatic carbocycles. The van der Waals surface area contributed by atoms with Crippen molar-refractivity contribution in [3.63, 3.8) is 0 Å². The molecule has 0 bridgehead atoms. The first kappa shape index (κ1) is 15.3. The van der Waals surface area contributed by atoms with Crippen molar-refractivity contribution in [3.8, 4) is 0 Å². The Morgan fingerprint density at radius 2 is 2.06 bits per heavy atom. The first-order valence-corrected chi connectivity index (χ1v) is 6.09. The molecule has 5 heteroatoms. The summed E-state index contributed by atoms with van der Waals surface area (Å²) >= 11 is 0. The van der Waals surface area contributed by atoms with Crippen molar-refractivity contribution in [2.75, 3.05) is 13.1 Å². The summed E-state index contributed by atoms with van der Waals surface area (Å²) in [5.74, 6) is -1.50. The van der Waals surface area contributed by atoms with E-state index in [0.717, 1.165) is 25.5 Å². The smallest absolute Gasteiger partial charge is 0.163 e. The second-order valence-corrected chi connectivity index (χ2v) is 4.57. The van der Waals surface area contributed by atoms with Crippen LogP contribution in [0.25, 0.3) is 0 Å². The van der Waals surface area contributed by atoms with Gasteiger partial charge in [0, 0.05) is 24.7 Å². The number of nitrogens with two attached hydrogens (primary N) is 1. The molecule has 0 aromatic heterocycles. The highest BCUT2D eigenvalue weighted by Gasteiger charge is 2.22. The second-order valence-electron chi connectivity index (χ2n) is 4.57. The SMILES string of the molecule is Cl.NCC1CCCCN1Cc1cccc(F)c1F. The fourth-order valence-corrected chi connectivity index (χ4v) is 2.42. The van der Waals surface area contributed by atoms with E-state index in [-0.39, 0.29) is 12.4 Å². The van der Waals surface area contributed by atoms with E-state index in [9.17, 15) is 8.78 Å². The highest BCUT2D eigenvalue weighted by atomic mass is 35.5. The molecule has 2 nitrogen and oxygen atoms in total. The molecule has 1 aliphatic heterocycles. The lowest BCUT2D eigenvalue weighted by Crippen LogP contribution is -2.43. The molecule has 1 heterocycles. The van der Waals surface area contributed by atoms with Crippen LogP contribution in [0.4, 0.5) is 8.78 Å². The van der Waals surface area contributed by atoms with Crippen LogP contribution < -0.4 is 5.73 Å². The molecule has 1 atom stereocenters. The summed E-state index contributed by atoms with van der Waals surface area (Å²) in [7, 11) is 0. The molecule has 1 unspecified atom stereocenters. The van der Waals surface area contributed by atoms with Gasteiger partial charge in [-0.1, -0.05) is 18.6 Å². The molecule has 2 N–H and O–H groups in total. The van der Waals surface area contributed by atoms with Crippen LogP contribution >= 0.6 is 12.4 Å². The van der Waals surface area contributed by atoms with E-state index in [4.69, 9.17) is 5.73 Å². The number of hydrogen-bond donors (Lipinski definition) is 1. The minimum Gasteiger partial charge on any atom is -0.329 e. The highest BCUT2D eigenvalue weighted by molar-refractivity contribution is 5.85. The first-order chi connectivity index (χ1) is 8.22. The maximum absolute atomic E-state index is 13.6. The fourth-order valence-electron chi connectivity index (χ4n) is 2.42. The van der Waals surface area contributed by atoms with Crippen LogP contribution in [0.2, 0.25) is 0 Å². The predicted molar refractivity (Wildman–Crippen MR) is 70.7 cm³/mol. The van der Waals surface area contributed by atoms with Gasteiger partial charge in [-0.05, 0) is 25.5 Å². The van der Waals surface area contributed by atoms with Gasteiger partial charge in [-0.2, -0.15) is 0 Å². The van der Waals surface area contributed by atoms with Crippen LogP contribution in [0.5, 0.6) is 0 Å². The molecule has 1 saturated heterocycles. The van der Waals surface area contributed by atoms with Gasteiger partial charge in [-0.3, -0.25) is 4.90 Å². The van der Waals surface area contributed by atoms with Crippen LogP contribution in [0.15, 0.2) is 18.2 Å². The van der Waals surface area contributed by atoms with Gasteiger partial charge in [-0.15, -0.1) is 12.4 Å². The Labute approximate surface area is 113 Å². The average Bonchev–Trinajstić information content (AvgIpc) is 2.35. The van der Waals surface area contributed by atoms with Crippen molar-refractivity contribution in [2.45, 2.75) is 31.8 Å². The molecule has 0 amide bonds. The summed E-state index contributed by atoms with van der Waals surface area (Å²) in [6.45, 7) is 1.94. The Morgan fingerprint density at radius 1 is 1.28 bits per heavy atom. The van der Waals surface area contributed by atoms with Crippen LogP contribution in [0.1, 0.15) is 24.8 Å². The van der Waals surface area contributed by atoms with Gasteiger partial charge in [0.15, 0.2) is 11.6 Å². The summed E-state index contributed by atoms with van der Waals surface area (Å²) in [4.78, 5) is 2.15. The van der Waals surface area contributed by atoms with Gasteiger partial charge in [0.2, 0.25) is 0 Å². The minimum atomic E-state index is -0.774. The molecule has 0 radical (unpaired) electrons. The minimum absolute atomic E-state index is 0. The molecule has 0 saturated carbocycles. The van der Waals surface area contributed by atoms with Crippen LogP contribution in [-0.4, -0.2) is 24.0 Å². The molecule has 1 fully saturated rings. The van der Waals surface area contributed by atoms with E-state index in [2.05, 4.69) is 4.90 Å². The number of rotatable bonds is 3. The van der Waals surface area contributed by atoms with Crippen molar-refractivity contribution >= 4 is 12.4 Å². The molecular weight excluding hydrogens is 258 g/mol. The number of likely N-dealkylation sites (tertiary alicyclic amines) is 1. The van der Waals surface area contributed by atoms with Crippen molar-refractivity contribution in [1.82, 2.24) is 4.90 Å². The van der Waals surface area contributed by atoms with Gasteiger partial charge < -0.3 is 5.73 Å². The van der Waals surface area contributed by atoms with E-state index >= 15 is 0 Å². The van der Waals surface area contributed by atoms with E-state index in [0.29, 0.717) is 24.7 Å². The average molecular weight is 277 g/mol. The number of nitrogens with zero attached hydrogens (tertiary/aromatic N) is 1. The number of benzene rings is 1. The highest BCUT2D eigenvalue weighted by Crippen LogP contribution is 2.21. The zero-order valence-electron chi connectivity index (χ0n) is 10.2. The molecule has 1 aromatic rings. The lowest BCUT2D eigenvalue weighted by Gasteiger charge is -2.35. The van der Waals surface area contributed by atoms with Crippen LogP contribution in [0, 0.1) is 11.6 Å². The standard InChI is InChI=1S/C13H18F2N2.ClH/c14-12-6-3-4-10(13(12)15)9-17-7-2-1-5-11(17)8-16;/h3-4,6,11H,1-2,5,7-9,16H2;1H. The second kappa shape index (κ2) is 7.02. The zero-order valence-corrected chi connectivity index (χ0v) is 11.1. The van der Waals surface area contributed by atoms with E-state index in [1.807, 2.05) is 0 Å². The quantitative estimate of drug-likeness (QED) is 0.920. The topological polar surface area (TPSA) is 29.3 Å². The third-order valence-corrected chi connectivity index (χ3v) is 3.43. The summed E-state index contributed by atoms with van der Waals surface area (Å²) in [5.41, 5.74) is 6.13. The molecule has 1 aromatic carbocycles. The molecule has 0 spiro atoms. The summed E-state index contributed by atoms with van der Waals surface area (Å²) in [6.07, 6.45) is 3.32. The fraction of sp³-hybridized carbons (Fsp3) is 0.538.